The maximum atomic E-state index is 12.6. The van der Waals surface area contributed by atoms with E-state index in [1.54, 1.807) is 24.3 Å². The lowest BCUT2D eigenvalue weighted by Gasteiger charge is -2.10. The van der Waals surface area contributed by atoms with Gasteiger partial charge in [-0.2, -0.15) is 0 Å². The number of aryl methyl sites for hydroxylation is 1. The fourth-order valence-electron chi connectivity index (χ4n) is 2.54. The Hall–Kier alpha value is -2.38. The third-order valence-electron chi connectivity index (χ3n) is 4.10. The van der Waals surface area contributed by atoms with Gasteiger partial charge in [-0.05, 0) is 61.7 Å². The van der Waals surface area contributed by atoms with Crippen LogP contribution in [0.25, 0.3) is 0 Å². The quantitative estimate of drug-likeness (QED) is 0.544. The molecule has 0 saturated heterocycles. The van der Waals surface area contributed by atoms with Crippen LogP contribution in [0.1, 0.15) is 42.1 Å². The summed E-state index contributed by atoms with van der Waals surface area (Å²) in [5.74, 6) is -0.319. The molecule has 0 unspecified atom stereocenters. The van der Waals surface area contributed by atoms with E-state index >= 15 is 0 Å². The molecule has 0 aliphatic carbocycles. The smallest absolute Gasteiger partial charge is 0.261 e. The van der Waals surface area contributed by atoms with E-state index in [9.17, 15) is 13.2 Å². The van der Waals surface area contributed by atoms with Crippen molar-refractivity contribution in [1.82, 2.24) is 5.32 Å². The average molecular weight is 390 g/mol. The number of benzene rings is 2. The third kappa shape index (κ3) is 6.37. The number of amides is 1. The number of sulfonamides is 1. The zero-order valence-electron chi connectivity index (χ0n) is 15.6. The minimum atomic E-state index is -3.77. The van der Waals surface area contributed by atoms with E-state index in [2.05, 4.69) is 17.0 Å². The highest BCUT2D eigenvalue weighted by molar-refractivity contribution is 7.92. The van der Waals surface area contributed by atoms with Crippen LogP contribution in [0.2, 0.25) is 0 Å². The molecule has 7 heteroatoms. The molecule has 0 bridgehead atoms. The molecule has 0 atom stereocenters. The van der Waals surface area contributed by atoms with E-state index < -0.39 is 10.0 Å². The average Bonchev–Trinajstić information content (AvgIpc) is 2.67. The molecule has 0 fully saturated rings. The van der Waals surface area contributed by atoms with Crippen molar-refractivity contribution in [2.24, 2.45) is 5.73 Å². The Bertz CT molecular complexity index is 849. The third-order valence-corrected chi connectivity index (χ3v) is 5.48. The number of carbonyl (C=O) groups is 1. The van der Waals surface area contributed by atoms with Crippen molar-refractivity contribution >= 4 is 21.6 Å². The molecule has 0 spiro atoms. The van der Waals surface area contributed by atoms with Crippen LogP contribution in [0.4, 0.5) is 5.69 Å². The van der Waals surface area contributed by atoms with E-state index in [0.29, 0.717) is 30.8 Å². The number of nitrogens with two attached hydrogens (primary N) is 1. The van der Waals surface area contributed by atoms with Gasteiger partial charge in [-0.25, -0.2) is 8.42 Å². The summed E-state index contributed by atoms with van der Waals surface area (Å²) in [6.07, 6.45) is 3.86. The van der Waals surface area contributed by atoms with E-state index in [0.717, 1.165) is 19.3 Å². The van der Waals surface area contributed by atoms with Crippen LogP contribution in [0.15, 0.2) is 53.4 Å². The van der Waals surface area contributed by atoms with Crippen LogP contribution in [-0.2, 0) is 16.4 Å². The molecule has 4 N–H and O–H groups in total. The van der Waals surface area contributed by atoms with Gasteiger partial charge >= 0.3 is 0 Å². The van der Waals surface area contributed by atoms with Gasteiger partial charge in [0.1, 0.15) is 0 Å². The highest BCUT2D eigenvalue weighted by Gasteiger charge is 2.16. The maximum absolute atomic E-state index is 12.6. The van der Waals surface area contributed by atoms with Gasteiger partial charge in [0, 0.05) is 17.8 Å². The molecule has 0 aromatic heterocycles. The lowest BCUT2D eigenvalue weighted by Crippen LogP contribution is -2.26. The summed E-state index contributed by atoms with van der Waals surface area (Å²) in [6.45, 7) is 3.07. The Kier molecular flexibility index (Phi) is 7.82. The van der Waals surface area contributed by atoms with Crippen molar-refractivity contribution in [2.45, 2.75) is 37.5 Å². The van der Waals surface area contributed by atoms with Crippen molar-refractivity contribution in [3.8, 4) is 0 Å². The number of hydrogen-bond donors (Lipinski definition) is 3. The Morgan fingerprint density at radius 1 is 1.07 bits per heavy atom. The fourth-order valence-corrected chi connectivity index (χ4v) is 3.65. The van der Waals surface area contributed by atoms with Gasteiger partial charge < -0.3 is 11.1 Å². The summed E-state index contributed by atoms with van der Waals surface area (Å²) >= 11 is 0. The Balaban J connectivity index is 2.09. The van der Waals surface area contributed by atoms with Crippen LogP contribution in [0.5, 0.6) is 0 Å². The molecule has 0 aliphatic heterocycles. The number of carbonyl (C=O) groups excluding carboxylic acids is 1. The monoisotopic (exact) mass is 389 g/mol. The molecule has 0 heterocycles. The van der Waals surface area contributed by atoms with Gasteiger partial charge in [-0.1, -0.05) is 31.5 Å². The normalized spacial score (nSPS) is 11.2. The molecule has 1 amide bonds. The summed E-state index contributed by atoms with van der Waals surface area (Å²) in [5, 5.41) is 2.72. The predicted octanol–water partition coefficient (Wildman–Crippen LogP) is 2.91. The second-order valence-corrected chi connectivity index (χ2v) is 8.01. The summed E-state index contributed by atoms with van der Waals surface area (Å²) in [6, 6.07) is 13.3. The van der Waals surface area contributed by atoms with Crippen LogP contribution >= 0.6 is 0 Å². The van der Waals surface area contributed by atoms with Gasteiger partial charge in [0.2, 0.25) is 0 Å². The Morgan fingerprint density at radius 2 is 1.81 bits per heavy atom. The van der Waals surface area contributed by atoms with Crippen LogP contribution in [-0.4, -0.2) is 27.4 Å². The molecular formula is C20H27N3O3S. The first-order valence-corrected chi connectivity index (χ1v) is 10.6. The van der Waals surface area contributed by atoms with E-state index in [1.807, 2.05) is 12.1 Å². The van der Waals surface area contributed by atoms with Gasteiger partial charge in [-0.3, -0.25) is 9.52 Å². The van der Waals surface area contributed by atoms with Crippen LogP contribution < -0.4 is 15.8 Å². The zero-order valence-corrected chi connectivity index (χ0v) is 16.4. The Morgan fingerprint density at radius 3 is 2.48 bits per heavy atom. The molecule has 6 nitrogen and oxygen atoms in total. The standard InChI is InChI=1S/C20H27N3O3S/c1-2-3-6-16-9-11-18(12-10-16)23-27(25,26)19-8-4-7-17(15-19)20(24)22-14-5-13-21/h4,7-12,15,23H,2-3,5-6,13-14,21H2,1H3,(H,22,24). The first-order valence-electron chi connectivity index (χ1n) is 9.16. The van der Waals surface area contributed by atoms with Gasteiger partial charge in [0.15, 0.2) is 0 Å². The largest absolute Gasteiger partial charge is 0.352 e. The second-order valence-electron chi connectivity index (χ2n) is 6.33. The summed E-state index contributed by atoms with van der Waals surface area (Å²) < 4.78 is 27.8. The number of nitrogens with one attached hydrogen (secondary N) is 2. The van der Waals surface area contributed by atoms with Gasteiger partial charge in [0.25, 0.3) is 15.9 Å². The lowest BCUT2D eigenvalue weighted by atomic mass is 10.1. The summed E-state index contributed by atoms with van der Waals surface area (Å²) in [4.78, 5) is 12.2. The molecule has 2 aromatic rings. The van der Waals surface area contributed by atoms with E-state index in [-0.39, 0.29) is 10.8 Å². The zero-order chi connectivity index (χ0) is 19.7. The van der Waals surface area contributed by atoms with Gasteiger partial charge in [-0.15, -0.1) is 0 Å². The topological polar surface area (TPSA) is 101 Å². The SMILES string of the molecule is CCCCc1ccc(NS(=O)(=O)c2cccc(C(=O)NCCCN)c2)cc1. The summed E-state index contributed by atoms with van der Waals surface area (Å²) in [5.41, 5.74) is 7.37. The minimum Gasteiger partial charge on any atom is -0.352 e. The fraction of sp³-hybridized carbons (Fsp3) is 0.350. The van der Waals surface area contributed by atoms with Crippen molar-refractivity contribution < 1.29 is 13.2 Å². The van der Waals surface area contributed by atoms with Crippen molar-refractivity contribution in [2.75, 3.05) is 17.8 Å². The van der Waals surface area contributed by atoms with E-state index in [4.69, 9.17) is 5.73 Å². The first-order chi connectivity index (χ1) is 13.0. The van der Waals surface area contributed by atoms with Crippen molar-refractivity contribution in [3.05, 3.63) is 59.7 Å². The highest BCUT2D eigenvalue weighted by atomic mass is 32.2. The number of anilines is 1. The minimum absolute atomic E-state index is 0.0454. The highest BCUT2D eigenvalue weighted by Crippen LogP contribution is 2.18. The number of rotatable bonds is 10. The first kappa shape index (κ1) is 20.9. The number of unbranched alkanes of at least 4 members (excludes halogenated alkanes) is 1. The molecule has 2 rings (SSSR count). The maximum Gasteiger partial charge on any atom is 0.261 e. The molecular weight excluding hydrogens is 362 g/mol. The van der Waals surface area contributed by atoms with E-state index in [1.165, 1.54) is 17.7 Å². The molecule has 2 aromatic carbocycles. The van der Waals surface area contributed by atoms with Gasteiger partial charge in [0.05, 0.1) is 4.90 Å². The molecule has 0 saturated carbocycles. The molecule has 146 valence electrons. The number of hydrogen-bond acceptors (Lipinski definition) is 4. The van der Waals surface area contributed by atoms with Crippen molar-refractivity contribution in [3.63, 3.8) is 0 Å². The Labute approximate surface area is 161 Å². The molecule has 0 radical (unpaired) electrons. The molecule has 27 heavy (non-hydrogen) atoms. The predicted molar refractivity (Wildman–Crippen MR) is 108 cm³/mol. The molecule has 0 aliphatic rings. The summed E-state index contributed by atoms with van der Waals surface area (Å²) in [7, 11) is -3.77. The second kappa shape index (κ2) is 10.1. The van der Waals surface area contributed by atoms with Crippen LogP contribution in [0, 0.1) is 0 Å². The van der Waals surface area contributed by atoms with Crippen LogP contribution in [0.3, 0.4) is 0 Å². The lowest BCUT2D eigenvalue weighted by molar-refractivity contribution is 0.0953. The van der Waals surface area contributed by atoms with Crippen molar-refractivity contribution in [1.29, 1.82) is 0 Å².